The zero-order valence-corrected chi connectivity index (χ0v) is 14.7. The Morgan fingerprint density at radius 2 is 1.65 bits per heavy atom. The first-order valence-corrected chi connectivity index (χ1v) is 7.66. The summed E-state index contributed by atoms with van der Waals surface area (Å²) >= 11 is 3.41. The number of ether oxygens (including phenoxy) is 3. The molecule has 120 valence electrons. The van der Waals surface area contributed by atoms with E-state index in [0.29, 0.717) is 22.8 Å². The van der Waals surface area contributed by atoms with Crippen molar-refractivity contribution in [3.63, 3.8) is 0 Å². The van der Waals surface area contributed by atoms with E-state index in [1.54, 1.807) is 51.7 Å². The van der Waals surface area contributed by atoms with Crippen LogP contribution in [0.4, 0.5) is 0 Å². The van der Waals surface area contributed by atoms with Crippen molar-refractivity contribution in [2.45, 2.75) is 0 Å². The van der Waals surface area contributed by atoms with E-state index in [1.807, 2.05) is 12.1 Å². The van der Waals surface area contributed by atoms with Crippen LogP contribution < -0.4 is 14.2 Å². The van der Waals surface area contributed by atoms with E-state index in [9.17, 15) is 4.79 Å². The molecule has 0 atom stereocenters. The SMILES string of the molecule is COc1cccc(C(=O)/C=C/c2cc(OC)c(Br)c(OC)c2)c1. The molecular weight excluding hydrogens is 360 g/mol. The van der Waals surface area contributed by atoms with Gasteiger partial charge in [0.05, 0.1) is 21.3 Å². The first-order chi connectivity index (χ1) is 11.1. The zero-order valence-electron chi connectivity index (χ0n) is 13.1. The maximum absolute atomic E-state index is 12.2. The average molecular weight is 377 g/mol. The number of rotatable bonds is 6. The van der Waals surface area contributed by atoms with Gasteiger partial charge in [0, 0.05) is 5.56 Å². The van der Waals surface area contributed by atoms with Gasteiger partial charge in [-0.2, -0.15) is 0 Å². The van der Waals surface area contributed by atoms with Crippen molar-refractivity contribution >= 4 is 27.8 Å². The van der Waals surface area contributed by atoms with Gasteiger partial charge in [0.2, 0.25) is 0 Å². The maximum atomic E-state index is 12.2. The molecule has 4 nitrogen and oxygen atoms in total. The monoisotopic (exact) mass is 376 g/mol. The average Bonchev–Trinajstić information content (AvgIpc) is 2.60. The van der Waals surface area contributed by atoms with Crippen molar-refractivity contribution in [1.82, 2.24) is 0 Å². The van der Waals surface area contributed by atoms with Gasteiger partial charge in [-0.1, -0.05) is 18.2 Å². The fourth-order valence-corrected chi connectivity index (χ4v) is 2.58. The molecule has 2 aromatic carbocycles. The molecule has 0 unspecified atom stereocenters. The van der Waals surface area contributed by atoms with Gasteiger partial charge in [0.1, 0.15) is 21.7 Å². The highest BCUT2D eigenvalue weighted by atomic mass is 79.9. The number of ketones is 1. The Bertz CT molecular complexity index is 713. The summed E-state index contributed by atoms with van der Waals surface area (Å²) in [4.78, 5) is 12.2. The quantitative estimate of drug-likeness (QED) is 0.554. The van der Waals surface area contributed by atoms with E-state index in [1.165, 1.54) is 6.08 Å². The molecule has 23 heavy (non-hydrogen) atoms. The molecule has 0 bridgehead atoms. The van der Waals surface area contributed by atoms with Crippen LogP contribution in [-0.4, -0.2) is 27.1 Å². The molecule has 0 radical (unpaired) electrons. The summed E-state index contributed by atoms with van der Waals surface area (Å²) < 4.78 is 16.4. The molecular formula is C18H17BrO4. The minimum atomic E-state index is -0.107. The molecule has 0 aliphatic heterocycles. The summed E-state index contributed by atoms with van der Waals surface area (Å²) in [5.74, 6) is 1.82. The molecule has 0 saturated heterocycles. The third-order valence-corrected chi connectivity index (χ3v) is 4.03. The predicted molar refractivity (Wildman–Crippen MR) is 93.6 cm³/mol. The first-order valence-electron chi connectivity index (χ1n) is 6.87. The molecule has 0 N–H and O–H groups in total. The van der Waals surface area contributed by atoms with Gasteiger partial charge >= 0.3 is 0 Å². The largest absolute Gasteiger partial charge is 0.497 e. The fraction of sp³-hybridized carbons (Fsp3) is 0.167. The zero-order chi connectivity index (χ0) is 16.8. The molecule has 0 aromatic heterocycles. The van der Waals surface area contributed by atoms with Crippen LogP contribution in [0.25, 0.3) is 6.08 Å². The minimum absolute atomic E-state index is 0.107. The molecule has 0 heterocycles. The summed E-state index contributed by atoms with van der Waals surface area (Å²) in [6, 6.07) is 10.7. The van der Waals surface area contributed by atoms with Crippen LogP contribution in [0.5, 0.6) is 17.2 Å². The van der Waals surface area contributed by atoms with Crippen LogP contribution in [0.15, 0.2) is 46.9 Å². The van der Waals surface area contributed by atoms with Crippen molar-refractivity contribution in [2.24, 2.45) is 0 Å². The first kappa shape index (κ1) is 17.1. The van der Waals surface area contributed by atoms with Crippen molar-refractivity contribution in [3.05, 3.63) is 58.1 Å². The lowest BCUT2D eigenvalue weighted by Gasteiger charge is -2.09. The molecule has 2 rings (SSSR count). The summed E-state index contributed by atoms with van der Waals surface area (Å²) in [5, 5.41) is 0. The lowest BCUT2D eigenvalue weighted by atomic mass is 10.1. The summed E-state index contributed by atoms with van der Waals surface area (Å²) in [7, 11) is 4.72. The number of allylic oxidation sites excluding steroid dienone is 1. The van der Waals surface area contributed by atoms with Crippen LogP contribution in [0.3, 0.4) is 0 Å². The van der Waals surface area contributed by atoms with E-state index in [2.05, 4.69) is 15.9 Å². The van der Waals surface area contributed by atoms with Crippen molar-refractivity contribution in [1.29, 1.82) is 0 Å². The lowest BCUT2D eigenvalue weighted by Crippen LogP contribution is -1.95. The summed E-state index contributed by atoms with van der Waals surface area (Å²) in [6.45, 7) is 0. The topological polar surface area (TPSA) is 44.8 Å². The van der Waals surface area contributed by atoms with Gasteiger partial charge in [-0.3, -0.25) is 4.79 Å². The Morgan fingerprint density at radius 3 is 2.22 bits per heavy atom. The molecule has 5 heteroatoms. The molecule has 0 aliphatic carbocycles. The van der Waals surface area contributed by atoms with Crippen molar-refractivity contribution in [2.75, 3.05) is 21.3 Å². The van der Waals surface area contributed by atoms with Gasteiger partial charge in [-0.15, -0.1) is 0 Å². The van der Waals surface area contributed by atoms with Gasteiger partial charge in [0.15, 0.2) is 5.78 Å². The lowest BCUT2D eigenvalue weighted by molar-refractivity contribution is 0.104. The van der Waals surface area contributed by atoms with Crippen LogP contribution in [0.1, 0.15) is 15.9 Å². The summed E-state index contributed by atoms with van der Waals surface area (Å²) in [6.07, 6.45) is 3.23. The second-order valence-corrected chi connectivity index (χ2v) is 5.46. The second kappa shape index (κ2) is 7.83. The Hall–Kier alpha value is -2.27. The van der Waals surface area contributed by atoms with Crippen LogP contribution >= 0.6 is 15.9 Å². The Morgan fingerprint density at radius 1 is 1.00 bits per heavy atom. The summed E-state index contributed by atoms with van der Waals surface area (Å²) in [5.41, 5.74) is 1.37. The highest BCUT2D eigenvalue weighted by Gasteiger charge is 2.09. The van der Waals surface area contributed by atoms with Gasteiger partial charge < -0.3 is 14.2 Å². The third-order valence-electron chi connectivity index (χ3n) is 3.25. The number of carbonyl (C=O) groups excluding carboxylic acids is 1. The van der Waals surface area contributed by atoms with E-state index in [0.717, 1.165) is 10.0 Å². The van der Waals surface area contributed by atoms with Crippen LogP contribution in [0.2, 0.25) is 0 Å². The van der Waals surface area contributed by atoms with Gasteiger partial charge in [0.25, 0.3) is 0 Å². The molecule has 0 spiro atoms. The highest BCUT2D eigenvalue weighted by molar-refractivity contribution is 9.10. The minimum Gasteiger partial charge on any atom is -0.497 e. The fourth-order valence-electron chi connectivity index (χ4n) is 2.03. The third kappa shape index (κ3) is 4.13. The number of hydrogen-bond acceptors (Lipinski definition) is 4. The molecule has 0 saturated carbocycles. The number of methoxy groups -OCH3 is 3. The van der Waals surface area contributed by atoms with Gasteiger partial charge in [-0.25, -0.2) is 0 Å². The van der Waals surface area contributed by atoms with Crippen molar-refractivity contribution in [3.8, 4) is 17.2 Å². The van der Waals surface area contributed by atoms with E-state index < -0.39 is 0 Å². The Labute approximate surface area is 143 Å². The Kier molecular flexibility index (Phi) is 5.82. The number of hydrogen-bond donors (Lipinski definition) is 0. The Balaban J connectivity index is 2.27. The molecule has 0 amide bonds. The van der Waals surface area contributed by atoms with Crippen LogP contribution in [0, 0.1) is 0 Å². The number of halogens is 1. The smallest absolute Gasteiger partial charge is 0.185 e. The van der Waals surface area contributed by atoms with E-state index >= 15 is 0 Å². The number of carbonyl (C=O) groups is 1. The normalized spacial score (nSPS) is 10.6. The molecule has 2 aromatic rings. The van der Waals surface area contributed by atoms with Gasteiger partial charge in [-0.05, 0) is 51.8 Å². The van der Waals surface area contributed by atoms with E-state index in [-0.39, 0.29) is 5.78 Å². The predicted octanol–water partition coefficient (Wildman–Crippen LogP) is 4.37. The second-order valence-electron chi connectivity index (χ2n) is 4.67. The van der Waals surface area contributed by atoms with E-state index in [4.69, 9.17) is 14.2 Å². The maximum Gasteiger partial charge on any atom is 0.185 e. The molecule has 0 fully saturated rings. The molecule has 0 aliphatic rings. The van der Waals surface area contributed by atoms with Crippen molar-refractivity contribution < 1.29 is 19.0 Å². The standard InChI is InChI=1S/C18H17BrO4/c1-21-14-6-4-5-13(11-14)15(20)8-7-12-9-16(22-2)18(19)17(10-12)23-3/h4-11H,1-3H3/b8-7+. The highest BCUT2D eigenvalue weighted by Crippen LogP contribution is 2.36. The van der Waals surface area contributed by atoms with Crippen LogP contribution in [-0.2, 0) is 0 Å². The number of benzene rings is 2.